The first-order valence-electron chi connectivity index (χ1n) is 8.71. The molecule has 0 spiro atoms. The third-order valence-electron chi connectivity index (χ3n) is 4.37. The molecular weight excluding hydrogens is 340 g/mol. The summed E-state index contributed by atoms with van der Waals surface area (Å²) < 4.78 is 5.20. The van der Waals surface area contributed by atoms with Gasteiger partial charge in [0, 0.05) is 28.7 Å². The van der Waals surface area contributed by atoms with Crippen LogP contribution in [-0.2, 0) is 4.74 Å². The molecule has 0 radical (unpaired) electrons. The van der Waals surface area contributed by atoms with Crippen molar-refractivity contribution in [3.8, 4) is 5.75 Å². The van der Waals surface area contributed by atoms with Crippen molar-refractivity contribution in [1.29, 1.82) is 0 Å². The van der Waals surface area contributed by atoms with E-state index in [4.69, 9.17) is 4.74 Å². The van der Waals surface area contributed by atoms with Gasteiger partial charge in [-0.05, 0) is 24.4 Å². The monoisotopic (exact) mass is 358 g/mol. The maximum Gasteiger partial charge on any atom is 0.341 e. The lowest BCUT2D eigenvalue weighted by Gasteiger charge is -2.15. The predicted molar refractivity (Wildman–Crippen MR) is 107 cm³/mol. The number of carbonyl (C=O) groups is 1. The van der Waals surface area contributed by atoms with Crippen LogP contribution in [0.3, 0.4) is 0 Å². The topological polar surface area (TPSA) is 71.5 Å². The number of pyridine rings is 1. The van der Waals surface area contributed by atoms with E-state index in [0.29, 0.717) is 16.9 Å². The second-order valence-electron chi connectivity index (χ2n) is 6.13. The van der Waals surface area contributed by atoms with Crippen LogP contribution in [0.4, 0.5) is 11.4 Å². The average Bonchev–Trinajstić information content (AvgIpc) is 2.68. The fourth-order valence-electron chi connectivity index (χ4n) is 3.16. The van der Waals surface area contributed by atoms with E-state index in [1.165, 1.54) is 6.20 Å². The van der Waals surface area contributed by atoms with Crippen molar-refractivity contribution in [2.75, 3.05) is 11.9 Å². The van der Waals surface area contributed by atoms with Crippen molar-refractivity contribution >= 4 is 39.0 Å². The third kappa shape index (κ3) is 3.15. The van der Waals surface area contributed by atoms with E-state index >= 15 is 0 Å². The summed E-state index contributed by atoms with van der Waals surface area (Å²) in [6.45, 7) is 2.04. The quantitative estimate of drug-likeness (QED) is 0.396. The van der Waals surface area contributed by atoms with Crippen LogP contribution in [0, 0.1) is 0 Å². The fourth-order valence-corrected chi connectivity index (χ4v) is 3.16. The van der Waals surface area contributed by atoms with Gasteiger partial charge in [0.2, 0.25) is 0 Å². The van der Waals surface area contributed by atoms with E-state index in [9.17, 15) is 9.90 Å². The number of nitrogens with one attached hydrogen (secondary N) is 1. The summed E-state index contributed by atoms with van der Waals surface area (Å²) in [6, 6.07) is 18.7. The number of carbonyl (C=O) groups excluding carboxylic acids is 1. The first-order chi connectivity index (χ1) is 13.2. The molecule has 0 atom stereocenters. The number of anilines is 2. The van der Waals surface area contributed by atoms with Crippen LogP contribution in [0.1, 0.15) is 17.3 Å². The number of aromatic hydroxyl groups is 1. The minimum atomic E-state index is -0.442. The zero-order valence-corrected chi connectivity index (χ0v) is 14.8. The molecular formula is C22H18N2O3. The Hall–Kier alpha value is -3.60. The fraction of sp³-hybridized carbons (Fsp3) is 0.0909. The molecule has 0 fully saturated rings. The Morgan fingerprint density at radius 1 is 1.07 bits per heavy atom. The number of aromatic nitrogens is 1. The van der Waals surface area contributed by atoms with Gasteiger partial charge in [0.25, 0.3) is 0 Å². The summed E-state index contributed by atoms with van der Waals surface area (Å²) in [4.78, 5) is 17.0. The minimum Gasteiger partial charge on any atom is -0.508 e. The SMILES string of the molecule is CCOC(=O)c1cnc2c(ccc3ccccc32)c1Nc1cccc(O)c1. The second kappa shape index (κ2) is 6.96. The Balaban J connectivity index is 1.96. The molecule has 0 bridgehead atoms. The molecule has 0 unspecified atom stereocenters. The predicted octanol–water partition coefficient (Wildman–Crippen LogP) is 5.01. The van der Waals surface area contributed by atoms with Crippen LogP contribution in [0.25, 0.3) is 21.7 Å². The molecule has 1 heterocycles. The number of rotatable bonds is 4. The minimum absolute atomic E-state index is 0.140. The Kier molecular flexibility index (Phi) is 4.34. The van der Waals surface area contributed by atoms with Crippen molar-refractivity contribution < 1.29 is 14.6 Å². The number of phenolic OH excluding ortho intramolecular Hbond substituents is 1. The smallest absolute Gasteiger partial charge is 0.341 e. The molecule has 134 valence electrons. The number of nitrogens with zero attached hydrogens (tertiary/aromatic N) is 1. The first kappa shape index (κ1) is 16.8. The largest absolute Gasteiger partial charge is 0.508 e. The molecule has 5 nitrogen and oxygen atoms in total. The maximum absolute atomic E-state index is 12.5. The van der Waals surface area contributed by atoms with E-state index < -0.39 is 5.97 Å². The van der Waals surface area contributed by atoms with Crippen LogP contribution in [0.2, 0.25) is 0 Å². The zero-order chi connectivity index (χ0) is 18.8. The summed E-state index contributed by atoms with van der Waals surface area (Å²) in [7, 11) is 0. The molecule has 0 aliphatic rings. The molecule has 27 heavy (non-hydrogen) atoms. The highest BCUT2D eigenvalue weighted by Crippen LogP contribution is 2.34. The average molecular weight is 358 g/mol. The molecule has 0 aliphatic heterocycles. The number of hydrogen-bond acceptors (Lipinski definition) is 5. The highest BCUT2D eigenvalue weighted by molar-refractivity contribution is 6.13. The Bertz CT molecular complexity index is 1150. The number of phenols is 1. The van der Waals surface area contributed by atoms with E-state index in [-0.39, 0.29) is 12.4 Å². The van der Waals surface area contributed by atoms with Gasteiger partial charge >= 0.3 is 5.97 Å². The van der Waals surface area contributed by atoms with Gasteiger partial charge in [-0.3, -0.25) is 4.98 Å². The molecule has 3 aromatic carbocycles. The number of benzene rings is 3. The summed E-state index contributed by atoms with van der Waals surface area (Å²) in [5.41, 5.74) is 2.42. The van der Waals surface area contributed by atoms with E-state index in [1.54, 1.807) is 25.1 Å². The number of ether oxygens (including phenoxy) is 1. The number of hydrogen-bond donors (Lipinski definition) is 2. The van der Waals surface area contributed by atoms with Crippen molar-refractivity contribution in [1.82, 2.24) is 4.98 Å². The van der Waals surface area contributed by atoms with E-state index in [2.05, 4.69) is 10.3 Å². The van der Waals surface area contributed by atoms with Gasteiger partial charge in [0.15, 0.2) is 0 Å². The van der Waals surface area contributed by atoms with Crippen molar-refractivity contribution in [3.05, 3.63) is 72.4 Å². The van der Waals surface area contributed by atoms with Crippen LogP contribution >= 0.6 is 0 Å². The van der Waals surface area contributed by atoms with Gasteiger partial charge < -0.3 is 15.2 Å². The van der Waals surface area contributed by atoms with Crippen LogP contribution in [0.5, 0.6) is 5.75 Å². The summed E-state index contributed by atoms with van der Waals surface area (Å²) >= 11 is 0. The third-order valence-corrected chi connectivity index (χ3v) is 4.37. The molecule has 2 N–H and O–H groups in total. The number of fused-ring (bicyclic) bond motifs is 3. The molecule has 0 aliphatic carbocycles. The molecule has 5 heteroatoms. The van der Waals surface area contributed by atoms with Crippen LogP contribution in [-0.4, -0.2) is 22.7 Å². The maximum atomic E-state index is 12.5. The van der Waals surface area contributed by atoms with Crippen molar-refractivity contribution in [3.63, 3.8) is 0 Å². The van der Waals surface area contributed by atoms with Crippen LogP contribution < -0.4 is 5.32 Å². The summed E-state index contributed by atoms with van der Waals surface area (Å²) in [6.07, 6.45) is 1.54. The standard InChI is InChI=1S/C22H18N2O3/c1-2-27-22(26)19-13-23-20-17-9-4-3-6-14(17)10-11-18(20)21(19)24-15-7-5-8-16(25)12-15/h3-13,25H,2H2,1H3,(H,23,24). The molecule has 0 saturated heterocycles. The van der Waals surface area contributed by atoms with E-state index in [1.807, 2.05) is 42.5 Å². The lowest BCUT2D eigenvalue weighted by molar-refractivity contribution is 0.0527. The van der Waals surface area contributed by atoms with Crippen LogP contribution in [0.15, 0.2) is 66.9 Å². The zero-order valence-electron chi connectivity index (χ0n) is 14.8. The Morgan fingerprint density at radius 3 is 2.74 bits per heavy atom. The van der Waals surface area contributed by atoms with Crippen molar-refractivity contribution in [2.45, 2.75) is 6.92 Å². The first-order valence-corrected chi connectivity index (χ1v) is 8.71. The normalized spacial score (nSPS) is 10.9. The molecule has 1 aromatic heterocycles. The summed E-state index contributed by atoms with van der Waals surface area (Å²) in [5, 5.41) is 15.9. The Labute approximate surface area is 156 Å². The van der Waals surface area contributed by atoms with Gasteiger partial charge in [-0.2, -0.15) is 0 Å². The lowest BCUT2D eigenvalue weighted by Crippen LogP contribution is -2.09. The van der Waals surface area contributed by atoms with Gasteiger partial charge in [-0.15, -0.1) is 0 Å². The highest BCUT2D eigenvalue weighted by Gasteiger charge is 2.18. The molecule has 0 saturated carbocycles. The molecule has 4 aromatic rings. The molecule has 4 rings (SSSR count). The highest BCUT2D eigenvalue weighted by atomic mass is 16.5. The molecule has 0 amide bonds. The lowest BCUT2D eigenvalue weighted by atomic mass is 10.0. The van der Waals surface area contributed by atoms with Gasteiger partial charge in [0.1, 0.15) is 11.3 Å². The summed E-state index contributed by atoms with van der Waals surface area (Å²) in [5.74, 6) is -0.302. The van der Waals surface area contributed by atoms with Crippen molar-refractivity contribution in [2.24, 2.45) is 0 Å². The number of esters is 1. The van der Waals surface area contributed by atoms with Gasteiger partial charge in [0.05, 0.1) is 17.8 Å². The van der Waals surface area contributed by atoms with Gasteiger partial charge in [-0.25, -0.2) is 4.79 Å². The Morgan fingerprint density at radius 2 is 1.93 bits per heavy atom. The van der Waals surface area contributed by atoms with E-state index in [0.717, 1.165) is 21.7 Å². The van der Waals surface area contributed by atoms with Gasteiger partial charge in [-0.1, -0.05) is 42.5 Å². The second-order valence-corrected chi connectivity index (χ2v) is 6.13.